The van der Waals surface area contributed by atoms with E-state index in [-0.39, 0.29) is 0 Å². The Balaban J connectivity index is 1.96. The fraction of sp³-hybridized carbons (Fsp3) is 0.143. The number of pyridine rings is 1. The lowest BCUT2D eigenvalue weighted by molar-refractivity contribution is 1.05. The first kappa shape index (κ1) is 16.3. The van der Waals surface area contributed by atoms with Gasteiger partial charge in [0.15, 0.2) is 0 Å². The third kappa shape index (κ3) is 3.67. The van der Waals surface area contributed by atoms with Gasteiger partial charge in [0.05, 0.1) is 5.56 Å². The summed E-state index contributed by atoms with van der Waals surface area (Å²) in [6, 6.07) is 22.8. The van der Waals surface area contributed by atoms with E-state index in [0.29, 0.717) is 5.56 Å². The highest BCUT2D eigenvalue weighted by Crippen LogP contribution is 2.32. The van der Waals surface area contributed by atoms with Crippen molar-refractivity contribution in [3.05, 3.63) is 83.0 Å². The molecule has 2 aromatic carbocycles. The number of nitriles is 1. The molecule has 0 N–H and O–H groups in total. The van der Waals surface area contributed by atoms with Crippen molar-refractivity contribution >= 4 is 11.8 Å². The molecule has 3 heteroatoms. The first-order valence-corrected chi connectivity index (χ1v) is 8.81. The van der Waals surface area contributed by atoms with Crippen LogP contribution >= 0.6 is 11.8 Å². The average Bonchev–Trinajstić information content (AvgIpc) is 2.60. The van der Waals surface area contributed by atoms with Gasteiger partial charge in [0.2, 0.25) is 0 Å². The average molecular weight is 330 g/mol. The Kier molecular flexibility index (Phi) is 4.98. The number of hydrogen-bond acceptors (Lipinski definition) is 3. The SMILES string of the molecule is Cc1cccc(CSc2nc(C)cc(-c3ccccc3)c2C#N)c1. The second kappa shape index (κ2) is 7.33. The summed E-state index contributed by atoms with van der Waals surface area (Å²) in [5, 5.41) is 10.5. The second-order valence-corrected chi connectivity index (χ2v) is 6.71. The maximum Gasteiger partial charge on any atom is 0.115 e. The van der Waals surface area contributed by atoms with Crippen molar-refractivity contribution in [1.82, 2.24) is 4.98 Å². The minimum Gasteiger partial charge on any atom is -0.245 e. The van der Waals surface area contributed by atoms with Gasteiger partial charge in [-0.15, -0.1) is 11.8 Å². The second-order valence-electron chi connectivity index (χ2n) is 5.75. The highest BCUT2D eigenvalue weighted by Gasteiger charge is 2.13. The van der Waals surface area contributed by atoms with Gasteiger partial charge in [-0.2, -0.15) is 5.26 Å². The van der Waals surface area contributed by atoms with Crippen molar-refractivity contribution < 1.29 is 0 Å². The smallest absolute Gasteiger partial charge is 0.115 e. The molecule has 0 saturated carbocycles. The van der Waals surface area contributed by atoms with Crippen LogP contribution in [-0.4, -0.2) is 4.98 Å². The molecule has 0 unspecified atom stereocenters. The Morgan fingerprint density at radius 3 is 2.50 bits per heavy atom. The molecule has 24 heavy (non-hydrogen) atoms. The van der Waals surface area contributed by atoms with Gasteiger partial charge in [-0.05, 0) is 31.0 Å². The molecule has 3 aromatic rings. The Morgan fingerprint density at radius 2 is 1.79 bits per heavy atom. The van der Waals surface area contributed by atoms with Crippen LogP contribution in [-0.2, 0) is 5.75 Å². The first-order valence-electron chi connectivity index (χ1n) is 7.83. The van der Waals surface area contributed by atoms with E-state index in [1.165, 1.54) is 11.1 Å². The highest BCUT2D eigenvalue weighted by atomic mass is 32.2. The number of rotatable bonds is 4. The van der Waals surface area contributed by atoms with Crippen LogP contribution in [0.1, 0.15) is 22.4 Å². The van der Waals surface area contributed by atoms with Gasteiger partial charge in [-0.1, -0.05) is 60.2 Å². The van der Waals surface area contributed by atoms with Crippen LogP contribution in [0.2, 0.25) is 0 Å². The summed E-state index contributed by atoms with van der Waals surface area (Å²) >= 11 is 1.62. The molecule has 118 valence electrons. The Hall–Kier alpha value is -2.57. The van der Waals surface area contributed by atoms with Crippen molar-refractivity contribution in [2.45, 2.75) is 24.6 Å². The van der Waals surface area contributed by atoms with Crippen LogP contribution in [0.25, 0.3) is 11.1 Å². The Labute approximate surface area is 147 Å². The molecule has 0 atom stereocenters. The van der Waals surface area contributed by atoms with E-state index in [0.717, 1.165) is 27.6 Å². The quantitative estimate of drug-likeness (QED) is 0.590. The van der Waals surface area contributed by atoms with Crippen LogP contribution < -0.4 is 0 Å². The molecule has 0 spiro atoms. The molecule has 0 amide bonds. The van der Waals surface area contributed by atoms with Crippen molar-refractivity contribution in [3.63, 3.8) is 0 Å². The molecular formula is C21H18N2S. The van der Waals surface area contributed by atoms with Gasteiger partial charge in [-0.3, -0.25) is 0 Å². The molecule has 0 bridgehead atoms. The normalized spacial score (nSPS) is 10.4. The minimum atomic E-state index is 0.657. The molecule has 1 heterocycles. The minimum absolute atomic E-state index is 0.657. The first-order chi connectivity index (χ1) is 11.7. The van der Waals surface area contributed by atoms with E-state index in [1.54, 1.807) is 11.8 Å². The van der Waals surface area contributed by atoms with E-state index in [2.05, 4.69) is 42.2 Å². The largest absolute Gasteiger partial charge is 0.245 e. The zero-order valence-corrected chi connectivity index (χ0v) is 14.6. The van der Waals surface area contributed by atoms with Crippen molar-refractivity contribution in [2.75, 3.05) is 0 Å². The molecular weight excluding hydrogens is 312 g/mol. The molecule has 3 rings (SSSR count). The third-order valence-corrected chi connectivity index (χ3v) is 4.82. The van der Waals surface area contributed by atoms with E-state index >= 15 is 0 Å². The van der Waals surface area contributed by atoms with E-state index in [9.17, 15) is 5.26 Å². The zero-order chi connectivity index (χ0) is 16.9. The fourth-order valence-corrected chi connectivity index (χ4v) is 3.65. The lowest BCUT2D eigenvalue weighted by atomic mass is 10.0. The molecule has 0 fully saturated rings. The summed E-state index contributed by atoms with van der Waals surface area (Å²) < 4.78 is 0. The van der Waals surface area contributed by atoms with E-state index in [1.807, 2.05) is 43.3 Å². The topological polar surface area (TPSA) is 36.7 Å². The van der Waals surface area contributed by atoms with Crippen LogP contribution in [0.4, 0.5) is 0 Å². The number of benzene rings is 2. The molecule has 0 aliphatic carbocycles. The van der Waals surface area contributed by atoms with Crippen molar-refractivity contribution in [1.29, 1.82) is 5.26 Å². The zero-order valence-electron chi connectivity index (χ0n) is 13.8. The summed E-state index contributed by atoms with van der Waals surface area (Å²) in [6.07, 6.45) is 0. The summed E-state index contributed by atoms with van der Waals surface area (Å²) in [5.41, 5.74) is 6.09. The van der Waals surface area contributed by atoms with E-state index in [4.69, 9.17) is 0 Å². The maximum absolute atomic E-state index is 9.69. The Morgan fingerprint density at radius 1 is 1.00 bits per heavy atom. The van der Waals surface area contributed by atoms with Gasteiger partial charge >= 0.3 is 0 Å². The summed E-state index contributed by atoms with van der Waals surface area (Å²) in [7, 11) is 0. The number of thioether (sulfide) groups is 1. The maximum atomic E-state index is 9.69. The van der Waals surface area contributed by atoms with Gasteiger partial charge in [-0.25, -0.2) is 4.98 Å². The number of hydrogen-bond donors (Lipinski definition) is 0. The molecule has 2 nitrogen and oxygen atoms in total. The van der Waals surface area contributed by atoms with Gasteiger partial charge < -0.3 is 0 Å². The monoisotopic (exact) mass is 330 g/mol. The van der Waals surface area contributed by atoms with Crippen LogP contribution in [0.5, 0.6) is 0 Å². The van der Waals surface area contributed by atoms with Crippen LogP contribution in [0, 0.1) is 25.2 Å². The Bertz CT molecular complexity index is 895. The predicted molar refractivity (Wildman–Crippen MR) is 99.9 cm³/mol. The lowest BCUT2D eigenvalue weighted by Crippen LogP contribution is -1.95. The molecule has 1 aromatic heterocycles. The third-order valence-electron chi connectivity index (χ3n) is 3.77. The van der Waals surface area contributed by atoms with Gasteiger partial charge in [0.1, 0.15) is 11.1 Å². The predicted octanol–water partition coefficient (Wildman–Crippen LogP) is 5.53. The number of aryl methyl sites for hydroxylation is 2. The summed E-state index contributed by atoms with van der Waals surface area (Å²) in [4.78, 5) is 4.61. The fourth-order valence-electron chi connectivity index (χ4n) is 2.66. The lowest BCUT2D eigenvalue weighted by Gasteiger charge is -2.11. The van der Waals surface area contributed by atoms with Crippen molar-refractivity contribution in [2.24, 2.45) is 0 Å². The number of aromatic nitrogens is 1. The summed E-state index contributed by atoms with van der Waals surface area (Å²) in [5.74, 6) is 0.807. The summed E-state index contributed by atoms with van der Waals surface area (Å²) in [6.45, 7) is 4.07. The standard InChI is InChI=1S/C21H18N2S/c1-15-7-6-8-17(11-15)14-24-21-20(13-22)19(12-16(2)23-21)18-9-4-3-5-10-18/h3-12H,14H2,1-2H3. The van der Waals surface area contributed by atoms with Crippen LogP contribution in [0.15, 0.2) is 65.7 Å². The molecule has 0 aliphatic rings. The van der Waals surface area contributed by atoms with Crippen molar-refractivity contribution in [3.8, 4) is 17.2 Å². The van der Waals surface area contributed by atoms with Gasteiger partial charge in [0.25, 0.3) is 0 Å². The number of nitrogens with zero attached hydrogens (tertiary/aromatic N) is 2. The van der Waals surface area contributed by atoms with E-state index < -0.39 is 0 Å². The molecule has 0 aliphatic heterocycles. The molecule has 0 saturated heterocycles. The molecule has 0 radical (unpaired) electrons. The van der Waals surface area contributed by atoms with Crippen LogP contribution in [0.3, 0.4) is 0 Å². The van der Waals surface area contributed by atoms with Gasteiger partial charge in [0, 0.05) is 17.0 Å². The highest BCUT2D eigenvalue weighted by molar-refractivity contribution is 7.98.